The third kappa shape index (κ3) is 2.72. The van der Waals surface area contributed by atoms with Crippen molar-refractivity contribution in [3.8, 4) is 0 Å². The summed E-state index contributed by atoms with van der Waals surface area (Å²) in [7, 11) is 0. The molecule has 1 aliphatic heterocycles. The lowest BCUT2D eigenvalue weighted by atomic mass is 9.88. The molecular weight excluding hydrogens is 246 g/mol. The van der Waals surface area contributed by atoms with E-state index in [0.29, 0.717) is 17.5 Å². The first-order chi connectivity index (χ1) is 8.49. The highest BCUT2D eigenvalue weighted by atomic mass is 32.1. The first-order valence-corrected chi connectivity index (χ1v) is 7.37. The second kappa shape index (κ2) is 5.36. The number of nitrogens with two attached hydrogens (primary N) is 1. The molecular formula is C13H21N3OS. The summed E-state index contributed by atoms with van der Waals surface area (Å²) in [6.45, 7) is 8.03. The van der Waals surface area contributed by atoms with Gasteiger partial charge in [-0.1, -0.05) is 13.8 Å². The second-order valence-corrected chi connectivity index (χ2v) is 6.24. The van der Waals surface area contributed by atoms with Crippen LogP contribution >= 0.6 is 11.3 Å². The number of piperidine rings is 1. The number of nitrogens with zero attached hydrogens (tertiary/aromatic N) is 2. The van der Waals surface area contributed by atoms with Gasteiger partial charge in [0, 0.05) is 18.5 Å². The Bertz CT molecular complexity index is 430. The number of carbonyl (C=O) groups excluding carboxylic acids is 1. The summed E-state index contributed by atoms with van der Waals surface area (Å²) in [5.41, 5.74) is 6.32. The van der Waals surface area contributed by atoms with Crippen molar-refractivity contribution in [2.45, 2.75) is 33.2 Å². The molecule has 0 spiro atoms. The van der Waals surface area contributed by atoms with Crippen LogP contribution in [0.1, 0.15) is 48.7 Å². The van der Waals surface area contributed by atoms with E-state index in [1.54, 1.807) is 0 Å². The molecule has 0 saturated carbocycles. The summed E-state index contributed by atoms with van der Waals surface area (Å²) >= 11 is 1.47. The maximum Gasteiger partial charge on any atom is 0.273 e. The third-order valence-corrected chi connectivity index (χ3v) is 4.80. The summed E-state index contributed by atoms with van der Waals surface area (Å²) in [6, 6.07) is -0.100. The van der Waals surface area contributed by atoms with E-state index in [4.69, 9.17) is 5.73 Å². The topological polar surface area (TPSA) is 59.2 Å². The van der Waals surface area contributed by atoms with Crippen LogP contribution in [0.5, 0.6) is 0 Å². The van der Waals surface area contributed by atoms with Gasteiger partial charge < -0.3 is 10.6 Å². The minimum atomic E-state index is -0.100. The number of likely N-dealkylation sites (tertiary alicyclic amines) is 1. The summed E-state index contributed by atoms with van der Waals surface area (Å²) in [5.74, 6) is 1.32. The molecule has 0 aromatic carbocycles. The monoisotopic (exact) mass is 267 g/mol. The molecule has 3 unspecified atom stereocenters. The number of thiazole rings is 1. The molecule has 100 valence electrons. The quantitative estimate of drug-likeness (QED) is 0.894. The molecule has 5 heteroatoms. The Balaban J connectivity index is 2.06. The van der Waals surface area contributed by atoms with E-state index in [2.05, 4.69) is 18.8 Å². The van der Waals surface area contributed by atoms with Crippen LogP contribution in [0.15, 0.2) is 5.38 Å². The zero-order valence-electron chi connectivity index (χ0n) is 11.2. The fraction of sp³-hybridized carbons (Fsp3) is 0.692. The second-order valence-electron chi connectivity index (χ2n) is 5.35. The molecule has 1 aromatic rings. The van der Waals surface area contributed by atoms with Crippen LogP contribution in [0.3, 0.4) is 0 Å². The van der Waals surface area contributed by atoms with Crippen molar-refractivity contribution in [2.24, 2.45) is 17.6 Å². The highest BCUT2D eigenvalue weighted by Crippen LogP contribution is 2.24. The van der Waals surface area contributed by atoms with Crippen LogP contribution in [0.25, 0.3) is 0 Å². The molecule has 1 saturated heterocycles. The van der Waals surface area contributed by atoms with E-state index in [-0.39, 0.29) is 11.9 Å². The summed E-state index contributed by atoms with van der Waals surface area (Å²) < 4.78 is 0. The summed E-state index contributed by atoms with van der Waals surface area (Å²) in [4.78, 5) is 18.6. The number of carbonyl (C=O) groups is 1. The van der Waals surface area contributed by atoms with Crippen LogP contribution in [-0.2, 0) is 0 Å². The van der Waals surface area contributed by atoms with Crippen LogP contribution in [0, 0.1) is 11.8 Å². The van der Waals surface area contributed by atoms with Crippen LogP contribution < -0.4 is 5.73 Å². The number of aromatic nitrogens is 1. The molecule has 4 nitrogen and oxygen atoms in total. The van der Waals surface area contributed by atoms with Gasteiger partial charge in [0.1, 0.15) is 10.7 Å². The van der Waals surface area contributed by atoms with Gasteiger partial charge in [-0.05, 0) is 25.2 Å². The van der Waals surface area contributed by atoms with Crippen LogP contribution in [-0.4, -0.2) is 28.9 Å². The van der Waals surface area contributed by atoms with E-state index in [1.165, 1.54) is 11.3 Å². The first kappa shape index (κ1) is 13.5. The summed E-state index contributed by atoms with van der Waals surface area (Å²) in [5, 5.41) is 2.65. The molecule has 0 bridgehead atoms. The van der Waals surface area contributed by atoms with Gasteiger partial charge in [0.05, 0.1) is 6.04 Å². The van der Waals surface area contributed by atoms with Gasteiger partial charge in [-0.15, -0.1) is 11.3 Å². The zero-order valence-corrected chi connectivity index (χ0v) is 12.0. The van der Waals surface area contributed by atoms with Crippen molar-refractivity contribution in [2.75, 3.05) is 13.1 Å². The molecule has 1 aliphatic rings. The number of hydrogen-bond donors (Lipinski definition) is 1. The average Bonchev–Trinajstić information content (AvgIpc) is 2.81. The molecule has 1 fully saturated rings. The maximum absolute atomic E-state index is 12.3. The predicted octanol–water partition coefficient (Wildman–Crippen LogP) is 2.28. The molecule has 18 heavy (non-hydrogen) atoms. The molecule has 2 N–H and O–H groups in total. The Labute approximate surface area is 112 Å². The molecule has 2 rings (SSSR count). The Kier molecular flexibility index (Phi) is 4.02. The molecule has 1 aromatic heterocycles. The van der Waals surface area contributed by atoms with E-state index < -0.39 is 0 Å². The molecule has 3 atom stereocenters. The fourth-order valence-corrected chi connectivity index (χ4v) is 2.96. The third-order valence-electron chi connectivity index (χ3n) is 3.75. The molecule has 1 amide bonds. The van der Waals surface area contributed by atoms with Crippen molar-refractivity contribution >= 4 is 17.2 Å². The number of amides is 1. The Hall–Kier alpha value is -0.940. The minimum absolute atomic E-state index is 0.0527. The number of rotatable bonds is 2. The van der Waals surface area contributed by atoms with Gasteiger partial charge in [0.15, 0.2) is 0 Å². The SMILES string of the molecule is CC(N)c1nc(C(=O)N2CCC(C)C(C)C2)cs1. The van der Waals surface area contributed by atoms with Gasteiger partial charge >= 0.3 is 0 Å². The largest absolute Gasteiger partial charge is 0.337 e. The first-order valence-electron chi connectivity index (χ1n) is 6.49. The standard InChI is InChI=1S/C13H21N3OS/c1-8-4-5-16(6-9(8)2)13(17)11-7-18-12(15-11)10(3)14/h7-10H,4-6,14H2,1-3H3. The van der Waals surface area contributed by atoms with Gasteiger partial charge in [0.2, 0.25) is 0 Å². The lowest BCUT2D eigenvalue weighted by Gasteiger charge is -2.34. The molecule has 0 aliphatic carbocycles. The van der Waals surface area contributed by atoms with Gasteiger partial charge in [-0.2, -0.15) is 0 Å². The van der Waals surface area contributed by atoms with Gasteiger partial charge in [-0.25, -0.2) is 4.98 Å². The van der Waals surface area contributed by atoms with Crippen LogP contribution in [0.2, 0.25) is 0 Å². The highest BCUT2D eigenvalue weighted by Gasteiger charge is 2.27. The normalized spacial score (nSPS) is 26.1. The van der Waals surface area contributed by atoms with Crippen LogP contribution in [0.4, 0.5) is 0 Å². The summed E-state index contributed by atoms with van der Waals surface area (Å²) in [6.07, 6.45) is 1.08. The smallest absolute Gasteiger partial charge is 0.273 e. The zero-order chi connectivity index (χ0) is 13.3. The van der Waals surface area contributed by atoms with Crippen molar-refractivity contribution in [3.05, 3.63) is 16.1 Å². The highest BCUT2D eigenvalue weighted by molar-refractivity contribution is 7.09. The van der Waals surface area contributed by atoms with Crippen molar-refractivity contribution < 1.29 is 4.79 Å². The number of hydrogen-bond acceptors (Lipinski definition) is 4. The molecule has 0 radical (unpaired) electrons. The Morgan fingerprint density at radius 3 is 2.83 bits per heavy atom. The van der Waals surface area contributed by atoms with E-state index in [0.717, 1.165) is 24.5 Å². The van der Waals surface area contributed by atoms with Crippen molar-refractivity contribution in [1.29, 1.82) is 0 Å². The average molecular weight is 267 g/mol. The van der Waals surface area contributed by atoms with E-state index in [1.807, 2.05) is 17.2 Å². The van der Waals surface area contributed by atoms with E-state index >= 15 is 0 Å². The van der Waals surface area contributed by atoms with Crippen molar-refractivity contribution in [3.63, 3.8) is 0 Å². The lowest BCUT2D eigenvalue weighted by molar-refractivity contribution is 0.0622. The molecule has 2 heterocycles. The predicted molar refractivity (Wildman–Crippen MR) is 73.6 cm³/mol. The van der Waals surface area contributed by atoms with Crippen molar-refractivity contribution in [1.82, 2.24) is 9.88 Å². The van der Waals surface area contributed by atoms with Gasteiger partial charge in [-0.3, -0.25) is 4.79 Å². The lowest BCUT2D eigenvalue weighted by Crippen LogP contribution is -2.42. The van der Waals surface area contributed by atoms with Gasteiger partial charge in [0.25, 0.3) is 5.91 Å². The Morgan fingerprint density at radius 1 is 1.56 bits per heavy atom. The van der Waals surface area contributed by atoms with E-state index in [9.17, 15) is 4.79 Å². The fourth-order valence-electron chi connectivity index (χ4n) is 2.20. The maximum atomic E-state index is 12.3. The Morgan fingerprint density at radius 2 is 2.28 bits per heavy atom. The minimum Gasteiger partial charge on any atom is -0.337 e.